The lowest BCUT2D eigenvalue weighted by molar-refractivity contribution is 0.504. The highest BCUT2D eigenvalue weighted by Gasteiger charge is 1.96. The molecule has 0 aromatic heterocycles. The second kappa shape index (κ2) is 12.0. The Labute approximate surface area is 96.0 Å². The lowest BCUT2D eigenvalue weighted by Gasteiger charge is -2.05. The lowest BCUT2D eigenvalue weighted by Crippen LogP contribution is -1.85. The molecule has 0 aromatic rings. The summed E-state index contributed by atoms with van der Waals surface area (Å²) in [6.07, 6.45) is 21.0. The van der Waals surface area contributed by atoms with Crippen LogP contribution in [0.15, 0.2) is 0 Å². The van der Waals surface area contributed by atoms with Crippen LogP contribution in [0.2, 0.25) is 0 Å². The normalized spacial score (nSPS) is 22.4. The van der Waals surface area contributed by atoms with Gasteiger partial charge in [0, 0.05) is 0 Å². The van der Waals surface area contributed by atoms with Gasteiger partial charge in [-0.2, -0.15) is 0 Å². The van der Waals surface area contributed by atoms with Gasteiger partial charge in [-0.3, -0.25) is 0 Å². The SMILES string of the molecule is C1CCCCCCCCCCCCC1.O. The Bertz CT molecular complexity index is 58.6. The predicted molar refractivity (Wildman–Crippen MR) is 68.3 cm³/mol. The van der Waals surface area contributed by atoms with Gasteiger partial charge in [-0.15, -0.1) is 0 Å². The molecule has 0 radical (unpaired) electrons. The molecule has 0 bridgehead atoms. The first-order chi connectivity index (χ1) is 7.00. The first-order valence-corrected chi connectivity index (χ1v) is 7.00. The fourth-order valence-corrected chi connectivity index (χ4v) is 2.47. The van der Waals surface area contributed by atoms with Crippen molar-refractivity contribution in [3.05, 3.63) is 0 Å². The van der Waals surface area contributed by atoms with E-state index in [2.05, 4.69) is 0 Å². The number of hydrogen-bond acceptors (Lipinski definition) is 0. The van der Waals surface area contributed by atoms with E-state index in [1.54, 1.807) is 0 Å². The fraction of sp³-hybridized carbons (Fsp3) is 1.00. The molecule has 1 heteroatoms. The number of rotatable bonds is 0. The van der Waals surface area contributed by atoms with E-state index in [1.165, 1.54) is 89.9 Å². The lowest BCUT2D eigenvalue weighted by atomic mass is 10.0. The van der Waals surface area contributed by atoms with Crippen molar-refractivity contribution < 1.29 is 5.48 Å². The molecular weight excluding hydrogens is 184 g/mol. The highest BCUT2D eigenvalue weighted by atomic mass is 16.0. The molecule has 0 aliphatic heterocycles. The average molecular weight is 214 g/mol. The van der Waals surface area contributed by atoms with Crippen LogP contribution in [-0.2, 0) is 0 Å². The van der Waals surface area contributed by atoms with E-state index >= 15 is 0 Å². The Kier molecular flexibility index (Phi) is 12.0. The number of hydrogen-bond donors (Lipinski definition) is 0. The maximum absolute atomic E-state index is 1.50. The third-order valence-corrected chi connectivity index (χ3v) is 3.50. The molecule has 0 aromatic carbocycles. The molecule has 0 unspecified atom stereocenters. The van der Waals surface area contributed by atoms with E-state index in [4.69, 9.17) is 0 Å². The summed E-state index contributed by atoms with van der Waals surface area (Å²) in [5.74, 6) is 0. The molecule has 1 fully saturated rings. The van der Waals surface area contributed by atoms with Crippen molar-refractivity contribution in [1.29, 1.82) is 0 Å². The monoisotopic (exact) mass is 214 g/mol. The summed E-state index contributed by atoms with van der Waals surface area (Å²) in [4.78, 5) is 0. The summed E-state index contributed by atoms with van der Waals surface area (Å²) in [6.45, 7) is 0. The van der Waals surface area contributed by atoms with Gasteiger partial charge < -0.3 is 5.48 Å². The van der Waals surface area contributed by atoms with Crippen molar-refractivity contribution in [1.82, 2.24) is 0 Å². The molecule has 1 rings (SSSR count). The van der Waals surface area contributed by atoms with Crippen molar-refractivity contribution in [2.24, 2.45) is 0 Å². The molecule has 0 atom stereocenters. The standard InChI is InChI=1S/C14H28.H2O/c1-2-4-6-8-10-12-14-13-11-9-7-5-3-1;/h1-14H2;1H2. The zero-order valence-corrected chi connectivity index (χ0v) is 10.4. The van der Waals surface area contributed by atoms with E-state index in [9.17, 15) is 0 Å². The molecule has 92 valence electrons. The van der Waals surface area contributed by atoms with Crippen LogP contribution in [-0.4, -0.2) is 5.48 Å². The van der Waals surface area contributed by atoms with Crippen LogP contribution in [0.3, 0.4) is 0 Å². The summed E-state index contributed by atoms with van der Waals surface area (Å²) >= 11 is 0. The highest BCUT2D eigenvalue weighted by Crippen LogP contribution is 2.16. The van der Waals surface area contributed by atoms with Gasteiger partial charge in [0.2, 0.25) is 0 Å². The van der Waals surface area contributed by atoms with Crippen molar-refractivity contribution in [2.45, 2.75) is 89.9 Å². The van der Waals surface area contributed by atoms with E-state index in [-0.39, 0.29) is 5.48 Å². The zero-order valence-electron chi connectivity index (χ0n) is 10.4. The Morgan fingerprint density at radius 1 is 0.200 bits per heavy atom. The minimum atomic E-state index is 0. The molecule has 1 nitrogen and oxygen atoms in total. The van der Waals surface area contributed by atoms with Gasteiger partial charge in [0.1, 0.15) is 0 Å². The summed E-state index contributed by atoms with van der Waals surface area (Å²) < 4.78 is 0. The minimum absolute atomic E-state index is 0. The van der Waals surface area contributed by atoms with Crippen molar-refractivity contribution >= 4 is 0 Å². The second-order valence-electron chi connectivity index (χ2n) is 4.95. The van der Waals surface area contributed by atoms with Crippen LogP contribution < -0.4 is 0 Å². The summed E-state index contributed by atoms with van der Waals surface area (Å²) in [5, 5.41) is 0. The Morgan fingerprint density at radius 2 is 0.267 bits per heavy atom. The van der Waals surface area contributed by atoms with E-state index in [0.29, 0.717) is 0 Å². The van der Waals surface area contributed by atoms with Gasteiger partial charge in [-0.25, -0.2) is 0 Å². The first kappa shape index (κ1) is 15.0. The van der Waals surface area contributed by atoms with Crippen LogP contribution >= 0.6 is 0 Å². The zero-order chi connectivity index (χ0) is 9.90. The van der Waals surface area contributed by atoms with Crippen molar-refractivity contribution in [2.75, 3.05) is 0 Å². The Balaban J connectivity index is 0.00000196. The topological polar surface area (TPSA) is 31.5 Å². The molecule has 0 saturated heterocycles. The van der Waals surface area contributed by atoms with E-state index < -0.39 is 0 Å². The molecule has 1 aliphatic carbocycles. The second-order valence-corrected chi connectivity index (χ2v) is 4.95. The van der Waals surface area contributed by atoms with Crippen LogP contribution in [0.25, 0.3) is 0 Å². The van der Waals surface area contributed by atoms with Crippen LogP contribution in [0.5, 0.6) is 0 Å². The van der Waals surface area contributed by atoms with Crippen LogP contribution in [0, 0.1) is 0 Å². The molecule has 0 spiro atoms. The van der Waals surface area contributed by atoms with E-state index in [1.807, 2.05) is 0 Å². The molecule has 0 heterocycles. The van der Waals surface area contributed by atoms with Gasteiger partial charge in [0.05, 0.1) is 0 Å². The molecule has 1 saturated carbocycles. The third kappa shape index (κ3) is 10.2. The smallest absolute Gasteiger partial charge is 0.0533 e. The maximum atomic E-state index is 1.50. The average Bonchev–Trinajstić information content (AvgIpc) is 2.22. The minimum Gasteiger partial charge on any atom is -0.412 e. The van der Waals surface area contributed by atoms with Gasteiger partial charge in [-0.05, 0) is 0 Å². The molecule has 1 aliphatic rings. The summed E-state index contributed by atoms with van der Waals surface area (Å²) in [6, 6.07) is 0. The van der Waals surface area contributed by atoms with E-state index in [0.717, 1.165) is 0 Å². The van der Waals surface area contributed by atoms with Crippen LogP contribution in [0.4, 0.5) is 0 Å². The third-order valence-electron chi connectivity index (χ3n) is 3.50. The maximum Gasteiger partial charge on any atom is -0.0533 e. The van der Waals surface area contributed by atoms with Crippen molar-refractivity contribution in [3.63, 3.8) is 0 Å². The predicted octanol–water partition coefficient (Wildman–Crippen LogP) is 4.64. The summed E-state index contributed by atoms with van der Waals surface area (Å²) in [5.41, 5.74) is 0. The molecule has 2 N–H and O–H groups in total. The van der Waals surface area contributed by atoms with Gasteiger partial charge in [0.15, 0.2) is 0 Å². The molecule has 0 amide bonds. The van der Waals surface area contributed by atoms with Gasteiger partial charge >= 0.3 is 0 Å². The summed E-state index contributed by atoms with van der Waals surface area (Å²) in [7, 11) is 0. The largest absolute Gasteiger partial charge is 0.412 e. The quantitative estimate of drug-likeness (QED) is 0.563. The Morgan fingerprint density at radius 3 is 0.333 bits per heavy atom. The van der Waals surface area contributed by atoms with Gasteiger partial charge in [-0.1, -0.05) is 89.9 Å². The fourth-order valence-electron chi connectivity index (χ4n) is 2.47. The molecular formula is C14H30O. The van der Waals surface area contributed by atoms with Crippen molar-refractivity contribution in [3.8, 4) is 0 Å². The Hall–Kier alpha value is -0.0400. The van der Waals surface area contributed by atoms with Gasteiger partial charge in [0.25, 0.3) is 0 Å². The first-order valence-electron chi connectivity index (χ1n) is 7.00. The molecule has 15 heavy (non-hydrogen) atoms. The van der Waals surface area contributed by atoms with Crippen LogP contribution in [0.1, 0.15) is 89.9 Å². The highest BCUT2D eigenvalue weighted by molar-refractivity contribution is 4.51.